The second kappa shape index (κ2) is 4.45. The zero-order valence-electron chi connectivity index (χ0n) is 11.2. The minimum absolute atomic E-state index is 0.521. The lowest BCUT2D eigenvalue weighted by Crippen LogP contribution is -2.01. The van der Waals surface area contributed by atoms with Crippen LogP contribution in [0.25, 0.3) is 21.8 Å². The Labute approximate surface area is 116 Å². The number of rotatable bonds is 2. The molecule has 0 aliphatic carbocycles. The van der Waals surface area contributed by atoms with Crippen LogP contribution in [0.1, 0.15) is 6.92 Å². The van der Waals surface area contributed by atoms with Crippen LogP contribution < -0.4 is 21.9 Å². The van der Waals surface area contributed by atoms with Crippen molar-refractivity contribution in [1.29, 1.82) is 0 Å². The quantitative estimate of drug-likeness (QED) is 0.490. The van der Waals surface area contributed by atoms with Gasteiger partial charge in [0.2, 0.25) is 0 Å². The molecule has 102 valence electrons. The van der Waals surface area contributed by atoms with Crippen LogP contribution in [-0.2, 0) is 0 Å². The number of hydrogen-bond acceptors (Lipinski definition) is 5. The van der Waals surface area contributed by atoms with Gasteiger partial charge < -0.3 is 21.9 Å². The molecule has 0 bridgehead atoms. The molecule has 3 aromatic rings. The fourth-order valence-corrected chi connectivity index (χ4v) is 2.38. The van der Waals surface area contributed by atoms with Crippen LogP contribution in [0.2, 0.25) is 0 Å². The van der Waals surface area contributed by atoms with Crippen LogP contribution in [0.5, 0.6) is 5.75 Å². The summed E-state index contributed by atoms with van der Waals surface area (Å²) >= 11 is 0. The predicted molar refractivity (Wildman–Crippen MR) is 83.7 cm³/mol. The number of hydrogen-bond donors (Lipinski definition) is 3. The highest BCUT2D eigenvalue weighted by molar-refractivity contribution is 6.12. The van der Waals surface area contributed by atoms with Crippen molar-refractivity contribution in [3.63, 3.8) is 0 Å². The summed E-state index contributed by atoms with van der Waals surface area (Å²) in [6.07, 6.45) is 0. The molecule has 0 unspecified atom stereocenters. The van der Waals surface area contributed by atoms with Crippen LogP contribution in [0.15, 0.2) is 30.3 Å². The third-order valence-corrected chi connectivity index (χ3v) is 3.31. The Kier molecular flexibility index (Phi) is 2.75. The van der Waals surface area contributed by atoms with Crippen molar-refractivity contribution in [3.05, 3.63) is 30.3 Å². The fraction of sp³-hybridized carbons (Fsp3) is 0.133. The maximum Gasteiger partial charge on any atom is 0.143 e. The lowest BCUT2D eigenvalue weighted by molar-refractivity contribution is 0.342. The van der Waals surface area contributed by atoms with Crippen LogP contribution in [-0.4, -0.2) is 11.6 Å². The number of fused-ring (bicyclic) bond motifs is 2. The molecule has 0 fully saturated rings. The monoisotopic (exact) mass is 268 g/mol. The predicted octanol–water partition coefficient (Wildman–Crippen LogP) is 2.53. The number of ether oxygens (including phenoxy) is 1. The van der Waals surface area contributed by atoms with E-state index < -0.39 is 0 Å². The van der Waals surface area contributed by atoms with E-state index in [1.165, 1.54) is 0 Å². The van der Waals surface area contributed by atoms with Gasteiger partial charge in [-0.2, -0.15) is 0 Å². The van der Waals surface area contributed by atoms with Crippen molar-refractivity contribution in [2.24, 2.45) is 0 Å². The van der Waals surface area contributed by atoms with Gasteiger partial charge >= 0.3 is 0 Å². The van der Waals surface area contributed by atoms with E-state index in [1.807, 2.05) is 25.1 Å². The summed E-state index contributed by atoms with van der Waals surface area (Å²) < 4.78 is 5.50. The Hall–Kier alpha value is -2.69. The van der Waals surface area contributed by atoms with Crippen LogP contribution >= 0.6 is 0 Å². The first-order valence-corrected chi connectivity index (χ1v) is 6.41. The molecule has 1 aromatic heterocycles. The molecule has 0 saturated carbocycles. The molecule has 20 heavy (non-hydrogen) atoms. The van der Waals surface area contributed by atoms with Gasteiger partial charge in [0.1, 0.15) is 5.75 Å². The number of nitrogen functional groups attached to an aromatic ring is 3. The molecule has 6 N–H and O–H groups in total. The molecule has 0 spiro atoms. The molecular weight excluding hydrogens is 252 g/mol. The Bertz CT molecular complexity index is 814. The molecule has 1 heterocycles. The molecule has 5 nitrogen and oxygen atoms in total. The summed E-state index contributed by atoms with van der Waals surface area (Å²) in [5.41, 5.74) is 21.5. The van der Waals surface area contributed by atoms with Gasteiger partial charge in [0.15, 0.2) is 0 Å². The van der Waals surface area contributed by atoms with Gasteiger partial charge in [0, 0.05) is 11.1 Å². The highest BCUT2D eigenvalue weighted by Gasteiger charge is 2.12. The molecule has 0 atom stereocenters. The van der Waals surface area contributed by atoms with Gasteiger partial charge in [-0.3, -0.25) is 0 Å². The summed E-state index contributed by atoms with van der Waals surface area (Å²) in [5, 5.41) is 1.57. The Morgan fingerprint density at radius 1 is 1.00 bits per heavy atom. The molecular formula is C15H16N4O. The topological polar surface area (TPSA) is 100 Å². The summed E-state index contributed by atoms with van der Waals surface area (Å²) in [7, 11) is 0. The smallest absolute Gasteiger partial charge is 0.143 e. The van der Waals surface area contributed by atoms with Crippen LogP contribution in [0.3, 0.4) is 0 Å². The highest BCUT2D eigenvalue weighted by Crippen LogP contribution is 2.37. The van der Waals surface area contributed by atoms with Gasteiger partial charge in [0.05, 0.1) is 34.4 Å². The number of pyridine rings is 1. The van der Waals surface area contributed by atoms with Crippen molar-refractivity contribution < 1.29 is 4.74 Å². The molecule has 0 radical (unpaired) electrons. The van der Waals surface area contributed by atoms with Crippen molar-refractivity contribution >= 4 is 38.9 Å². The first kappa shape index (κ1) is 12.3. The first-order chi connectivity index (χ1) is 9.61. The third kappa shape index (κ3) is 1.75. The third-order valence-electron chi connectivity index (χ3n) is 3.31. The maximum atomic E-state index is 6.25. The average molecular weight is 268 g/mol. The van der Waals surface area contributed by atoms with Gasteiger partial charge in [-0.1, -0.05) is 0 Å². The fourth-order valence-electron chi connectivity index (χ4n) is 2.38. The number of nitrogens with two attached hydrogens (primary N) is 3. The largest absolute Gasteiger partial charge is 0.492 e. The van der Waals surface area contributed by atoms with Crippen LogP contribution in [0, 0.1) is 0 Å². The molecule has 0 aliphatic rings. The maximum absolute atomic E-state index is 6.25. The second-order valence-electron chi connectivity index (χ2n) is 4.61. The van der Waals surface area contributed by atoms with E-state index in [2.05, 4.69) is 4.98 Å². The Morgan fingerprint density at radius 3 is 2.55 bits per heavy atom. The molecule has 2 aromatic carbocycles. The molecule has 3 rings (SSSR count). The number of nitrogens with zero attached hydrogens (tertiary/aromatic N) is 1. The second-order valence-corrected chi connectivity index (χ2v) is 4.61. The normalized spacial score (nSPS) is 11.1. The molecule has 5 heteroatoms. The van der Waals surface area contributed by atoms with Gasteiger partial charge in [-0.15, -0.1) is 0 Å². The first-order valence-electron chi connectivity index (χ1n) is 6.41. The highest BCUT2D eigenvalue weighted by atomic mass is 16.5. The number of aromatic nitrogens is 1. The summed E-state index contributed by atoms with van der Waals surface area (Å²) in [4.78, 5) is 4.57. The lowest BCUT2D eigenvalue weighted by atomic mass is 10.1. The Balaban J connectivity index is 2.41. The van der Waals surface area contributed by atoms with E-state index in [9.17, 15) is 0 Å². The zero-order valence-corrected chi connectivity index (χ0v) is 11.2. The summed E-state index contributed by atoms with van der Waals surface area (Å²) in [6, 6.07) is 9.13. The van der Waals surface area contributed by atoms with Crippen LogP contribution in [0.4, 0.5) is 17.1 Å². The van der Waals surface area contributed by atoms with Crippen molar-refractivity contribution in [2.75, 3.05) is 23.8 Å². The summed E-state index contributed by atoms with van der Waals surface area (Å²) in [5.74, 6) is 0.628. The summed E-state index contributed by atoms with van der Waals surface area (Å²) in [6.45, 7) is 2.46. The van der Waals surface area contributed by atoms with Crippen molar-refractivity contribution in [2.45, 2.75) is 6.92 Å². The molecule has 0 aliphatic heterocycles. The number of anilines is 3. The van der Waals surface area contributed by atoms with Gasteiger partial charge in [-0.25, -0.2) is 4.98 Å². The zero-order chi connectivity index (χ0) is 14.3. The van der Waals surface area contributed by atoms with Gasteiger partial charge in [0.25, 0.3) is 0 Å². The van der Waals surface area contributed by atoms with E-state index in [4.69, 9.17) is 21.9 Å². The van der Waals surface area contributed by atoms with E-state index in [0.29, 0.717) is 29.4 Å². The average Bonchev–Trinajstić information content (AvgIpc) is 2.41. The van der Waals surface area contributed by atoms with E-state index in [1.54, 1.807) is 12.1 Å². The lowest BCUT2D eigenvalue weighted by Gasteiger charge is -2.13. The van der Waals surface area contributed by atoms with E-state index in [0.717, 1.165) is 21.8 Å². The standard InChI is InChI=1S/C15H16N4O/c1-2-20-12-6-5-10-13(15(12)18)14(17)9-4-3-8(16)7-11(9)19-10/h3-7H,2,16,18H2,1H3,(H2,17,19). The van der Waals surface area contributed by atoms with E-state index in [-0.39, 0.29) is 0 Å². The SMILES string of the molecule is CCOc1ccc2nc3cc(N)ccc3c(N)c2c1N. The molecule has 0 amide bonds. The number of benzene rings is 2. The van der Waals surface area contributed by atoms with Crippen molar-refractivity contribution in [1.82, 2.24) is 4.98 Å². The minimum atomic E-state index is 0.521. The van der Waals surface area contributed by atoms with Gasteiger partial charge in [-0.05, 0) is 37.3 Å². The molecule has 0 saturated heterocycles. The van der Waals surface area contributed by atoms with Crippen molar-refractivity contribution in [3.8, 4) is 5.75 Å². The Morgan fingerprint density at radius 2 is 1.80 bits per heavy atom. The van der Waals surface area contributed by atoms with E-state index >= 15 is 0 Å². The minimum Gasteiger partial charge on any atom is -0.492 e.